The smallest absolute Gasteiger partial charge is 0.330 e. The van der Waals surface area contributed by atoms with Gasteiger partial charge in [-0.1, -0.05) is 24.3 Å². The molecular weight excluding hydrogens is 481 g/mol. The minimum Gasteiger partial charge on any atom is -0.330 e. The lowest BCUT2D eigenvalue weighted by atomic mass is 10.0. The van der Waals surface area contributed by atoms with Gasteiger partial charge in [-0.05, 0) is 61.2 Å². The number of anilines is 1. The predicted molar refractivity (Wildman–Crippen MR) is 135 cm³/mol. The second kappa shape index (κ2) is 12.6. The number of pyridine rings is 1. The minimum absolute atomic E-state index is 0.00287. The van der Waals surface area contributed by atoms with Gasteiger partial charge >= 0.3 is 6.18 Å². The molecule has 0 saturated carbocycles. The summed E-state index contributed by atoms with van der Waals surface area (Å²) < 4.78 is 39.4. The summed E-state index contributed by atoms with van der Waals surface area (Å²) in [6.45, 7) is 0.148. The normalized spacial score (nSPS) is 12.7. The van der Waals surface area contributed by atoms with Crippen molar-refractivity contribution < 1.29 is 18.0 Å². The van der Waals surface area contributed by atoms with E-state index in [0.717, 1.165) is 35.6 Å². The maximum Gasteiger partial charge on any atom is 0.416 e. The molecule has 1 amide bonds. The minimum atomic E-state index is -4.43. The largest absolute Gasteiger partial charge is 0.416 e. The number of nitrogens with zero attached hydrogens (tertiary/aromatic N) is 4. The van der Waals surface area contributed by atoms with Crippen LogP contribution in [0, 0.1) is 11.3 Å². The third kappa shape index (κ3) is 8.15. The molecule has 10 heteroatoms. The highest BCUT2D eigenvalue weighted by molar-refractivity contribution is 5.91. The molecule has 7 nitrogen and oxygen atoms in total. The fourth-order valence-corrected chi connectivity index (χ4v) is 3.66. The van der Waals surface area contributed by atoms with Crippen molar-refractivity contribution in [1.82, 2.24) is 14.8 Å². The van der Waals surface area contributed by atoms with Crippen LogP contribution < -0.4 is 11.1 Å². The Kier molecular flexibility index (Phi) is 9.35. The Morgan fingerprint density at radius 1 is 1.19 bits per heavy atom. The molecule has 0 saturated heterocycles. The average molecular weight is 509 g/mol. The number of allylic oxidation sites excluding steroid dienone is 3. The molecule has 2 aromatic heterocycles. The molecule has 0 atom stereocenters. The number of alkyl halides is 3. The van der Waals surface area contributed by atoms with Crippen molar-refractivity contribution in [3.8, 4) is 17.2 Å². The maximum atomic E-state index is 12.5. The molecule has 0 aliphatic heterocycles. The third-order valence-corrected chi connectivity index (χ3v) is 5.46. The summed E-state index contributed by atoms with van der Waals surface area (Å²) in [7, 11) is 1.87. The zero-order valence-electron chi connectivity index (χ0n) is 20.3. The molecule has 1 aliphatic rings. The fourth-order valence-electron chi connectivity index (χ4n) is 3.66. The first-order valence-electron chi connectivity index (χ1n) is 11.6. The van der Waals surface area contributed by atoms with E-state index in [1.165, 1.54) is 12.1 Å². The van der Waals surface area contributed by atoms with Crippen LogP contribution >= 0.6 is 0 Å². The Bertz CT molecular complexity index is 1320. The summed E-state index contributed by atoms with van der Waals surface area (Å²) in [6.07, 6.45) is 9.87. The number of nitrogens with one attached hydrogen (secondary N) is 1. The lowest BCUT2D eigenvalue weighted by Crippen LogP contribution is -2.13. The van der Waals surface area contributed by atoms with Gasteiger partial charge in [0.1, 0.15) is 5.82 Å². The van der Waals surface area contributed by atoms with Crippen LogP contribution in [-0.2, 0) is 24.4 Å². The molecule has 3 N–H and O–H groups in total. The maximum absolute atomic E-state index is 12.5. The van der Waals surface area contributed by atoms with E-state index in [2.05, 4.69) is 27.6 Å². The van der Waals surface area contributed by atoms with E-state index in [1.807, 2.05) is 31.5 Å². The zero-order chi connectivity index (χ0) is 26.8. The van der Waals surface area contributed by atoms with Gasteiger partial charge in [0.15, 0.2) is 0 Å². The molecule has 0 spiro atoms. The first-order chi connectivity index (χ1) is 17.7. The molecule has 0 radical (unpaired) electrons. The van der Waals surface area contributed by atoms with Crippen LogP contribution in [0.5, 0.6) is 0 Å². The number of amides is 1. The summed E-state index contributed by atoms with van der Waals surface area (Å²) in [5, 5.41) is 15.5. The SMILES string of the molecule is Cn1cc(-c2ccc(NC(=O)CC3=CCCC=C3)nc2)cn1.N#Cc1ccc(CCN)c(C(F)(F)F)c1. The summed E-state index contributed by atoms with van der Waals surface area (Å²) in [5.74, 6) is 0.525. The molecule has 37 heavy (non-hydrogen) atoms. The van der Waals surface area contributed by atoms with Crippen LogP contribution in [0.15, 0.2) is 72.7 Å². The zero-order valence-corrected chi connectivity index (χ0v) is 20.3. The topological polar surface area (TPSA) is 110 Å². The molecule has 4 rings (SSSR count). The number of nitriles is 1. The van der Waals surface area contributed by atoms with Crippen LogP contribution in [0.2, 0.25) is 0 Å². The van der Waals surface area contributed by atoms with E-state index in [0.29, 0.717) is 12.2 Å². The Hall–Kier alpha value is -4.23. The van der Waals surface area contributed by atoms with Crippen molar-refractivity contribution in [3.63, 3.8) is 0 Å². The lowest BCUT2D eigenvalue weighted by molar-refractivity contribution is -0.138. The number of carbonyl (C=O) groups excluding carboxylic acids is 1. The van der Waals surface area contributed by atoms with Gasteiger partial charge in [-0.2, -0.15) is 23.5 Å². The molecule has 1 aliphatic carbocycles. The van der Waals surface area contributed by atoms with Crippen LogP contribution in [-0.4, -0.2) is 27.2 Å². The molecule has 0 fully saturated rings. The van der Waals surface area contributed by atoms with Crippen molar-refractivity contribution in [3.05, 3.63) is 89.4 Å². The van der Waals surface area contributed by atoms with E-state index in [1.54, 1.807) is 23.1 Å². The van der Waals surface area contributed by atoms with E-state index in [-0.39, 0.29) is 30.0 Å². The summed E-state index contributed by atoms with van der Waals surface area (Å²) in [6, 6.07) is 8.93. The second-order valence-electron chi connectivity index (χ2n) is 8.34. The highest BCUT2D eigenvalue weighted by Crippen LogP contribution is 2.32. The highest BCUT2D eigenvalue weighted by Gasteiger charge is 2.33. The molecule has 2 heterocycles. The van der Waals surface area contributed by atoms with Gasteiger partial charge in [0.05, 0.1) is 29.8 Å². The Labute approximate surface area is 213 Å². The van der Waals surface area contributed by atoms with Gasteiger partial charge in [0.2, 0.25) is 5.91 Å². The van der Waals surface area contributed by atoms with Gasteiger partial charge in [0, 0.05) is 30.6 Å². The van der Waals surface area contributed by atoms with Crippen molar-refractivity contribution >= 4 is 11.7 Å². The lowest BCUT2D eigenvalue weighted by Gasteiger charge is -2.12. The van der Waals surface area contributed by atoms with Crippen LogP contribution in [0.4, 0.5) is 19.0 Å². The summed E-state index contributed by atoms with van der Waals surface area (Å²) >= 11 is 0. The predicted octanol–water partition coefficient (Wildman–Crippen LogP) is 5.17. The van der Waals surface area contributed by atoms with Gasteiger partial charge in [-0.3, -0.25) is 9.48 Å². The quantitative estimate of drug-likeness (QED) is 0.478. The fraction of sp³-hybridized carbons (Fsp3) is 0.259. The summed E-state index contributed by atoms with van der Waals surface area (Å²) in [4.78, 5) is 16.3. The molecule has 3 aromatic rings. The van der Waals surface area contributed by atoms with E-state index < -0.39 is 11.7 Å². The number of benzene rings is 1. The standard InChI is InChI=1S/C17H18N4O.C10H9F3N2/c1-21-12-15(11-19-21)14-7-8-16(18-10-14)20-17(22)9-13-5-3-2-4-6-13;11-10(12,13)9-5-7(6-15)1-2-8(9)3-4-14/h3,5-8,10-12H,2,4,9H2,1H3,(H,18,20,22);1-2,5H,3-4,14H2. The number of halogens is 3. The number of hydrogen-bond donors (Lipinski definition) is 2. The first-order valence-corrected chi connectivity index (χ1v) is 11.6. The van der Waals surface area contributed by atoms with Crippen molar-refractivity contribution in [2.45, 2.75) is 31.9 Å². The number of aryl methyl sites for hydroxylation is 1. The van der Waals surface area contributed by atoms with Gasteiger partial charge in [0.25, 0.3) is 0 Å². The van der Waals surface area contributed by atoms with E-state index in [4.69, 9.17) is 11.0 Å². The average Bonchev–Trinajstić information content (AvgIpc) is 3.31. The Balaban J connectivity index is 0.000000222. The molecule has 1 aromatic carbocycles. The highest BCUT2D eigenvalue weighted by atomic mass is 19.4. The number of aromatic nitrogens is 3. The number of nitrogens with two attached hydrogens (primary N) is 1. The van der Waals surface area contributed by atoms with Gasteiger partial charge in [-0.15, -0.1) is 0 Å². The third-order valence-electron chi connectivity index (χ3n) is 5.46. The Morgan fingerprint density at radius 3 is 2.57 bits per heavy atom. The molecular formula is C27H27F3N6O. The second-order valence-corrected chi connectivity index (χ2v) is 8.34. The monoisotopic (exact) mass is 508 g/mol. The number of rotatable bonds is 6. The van der Waals surface area contributed by atoms with E-state index >= 15 is 0 Å². The molecule has 192 valence electrons. The van der Waals surface area contributed by atoms with E-state index in [9.17, 15) is 18.0 Å². The van der Waals surface area contributed by atoms with Crippen molar-refractivity contribution in [1.29, 1.82) is 5.26 Å². The summed E-state index contributed by atoms with van der Waals surface area (Å²) in [5.41, 5.74) is 7.62. The van der Waals surface area contributed by atoms with Crippen LogP contribution in [0.25, 0.3) is 11.1 Å². The Morgan fingerprint density at radius 2 is 2.00 bits per heavy atom. The number of carbonyl (C=O) groups is 1. The molecule has 0 bridgehead atoms. The first kappa shape index (κ1) is 27.4. The van der Waals surface area contributed by atoms with Crippen molar-refractivity contribution in [2.75, 3.05) is 11.9 Å². The molecule has 0 unspecified atom stereocenters. The van der Waals surface area contributed by atoms with Crippen molar-refractivity contribution in [2.24, 2.45) is 12.8 Å². The van der Waals surface area contributed by atoms with Gasteiger partial charge in [-0.25, -0.2) is 4.98 Å². The number of hydrogen-bond acceptors (Lipinski definition) is 5. The van der Waals surface area contributed by atoms with Crippen LogP contribution in [0.3, 0.4) is 0 Å². The van der Waals surface area contributed by atoms with Gasteiger partial charge < -0.3 is 11.1 Å². The van der Waals surface area contributed by atoms with Crippen LogP contribution in [0.1, 0.15) is 36.0 Å².